The van der Waals surface area contributed by atoms with Crippen LogP contribution in [0.4, 0.5) is 0 Å². The second-order valence-corrected chi connectivity index (χ2v) is 11.8. The fraction of sp³-hybridized carbons (Fsp3) is 0.958. The van der Waals surface area contributed by atoms with Crippen molar-refractivity contribution in [3.8, 4) is 0 Å². The number of aliphatic hydroxyl groups excluding tert-OH is 2. The Hall–Kier alpha value is -0.690. The molecule has 0 amide bonds. The van der Waals surface area contributed by atoms with Crippen LogP contribution < -0.4 is 5.73 Å². The Morgan fingerprint density at radius 1 is 1.13 bits per heavy atom. The minimum atomic E-state index is -1.14. The lowest BCUT2D eigenvalue weighted by Gasteiger charge is -2.64. The van der Waals surface area contributed by atoms with Crippen molar-refractivity contribution in [3.63, 3.8) is 0 Å². The summed E-state index contributed by atoms with van der Waals surface area (Å²) < 4.78 is 0. The molecule has 4 aliphatic carbocycles. The van der Waals surface area contributed by atoms with Crippen LogP contribution in [0.15, 0.2) is 0 Å². The van der Waals surface area contributed by atoms with Crippen molar-refractivity contribution >= 4 is 5.97 Å². The minimum absolute atomic E-state index is 0.00911. The molecule has 4 saturated carbocycles. The summed E-state index contributed by atoms with van der Waals surface area (Å²) in [4.78, 5) is 11.1. The zero-order chi connectivity index (χ0) is 22.1. The van der Waals surface area contributed by atoms with E-state index in [0.717, 1.165) is 19.3 Å². The van der Waals surface area contributed by atoms with Crippen LogP contribution in [0.25, 0.3) is 0 Å². The molecule has 0 aliphatic heterocycles. The lowest BCUT2D eigenvalue weighted by atomic mass is 9.42. The molecule has 0 aromatic heterocycles. The van der Waals surface area contributed by atoms with Crippen molar-refractivity contribution in [1.82, 2.24) is 0 Å². The monoisotopic (exact) mass is 423 g/mol. The Morgan fingerprint density at radius 2 is 1.83 bits per heavy atom. The van der Waals surface area contributed by atoms with Gasteiger partial charge in [0.05, 0.1) is 12.2 Å². The van der Waals surface area contributed by atoms with Crippen LogP contribution in [-0.4, -0.2) is 44.3 Å². The Morgan fingerprint density at radius 3 is 2.50 bits per heavy atom. The smallest absolute Gasteiger partial charge is 0.303 e. The van der Waals surface area contributed by atoms with Crippen molar-refractivity contribution in [1.29, 1.82) is 0 Å². The third-order valence-electron chi connectivity index (χ3n) is 10.5. The highest BCUT2D eigenvalue weighted by Crippen LogP contribution is 2.68. The fourth-order valence-electron chi connectivity index (χ4n) is 8.73. The topological polar surface area (TPSA) is 124 Å². The van der Waals surface area contributed by atoms with E-state index in [1.807, 2.05) is 0 Å². The first-order valence-electron chi connectivity index (χ1n) is 12.0. The van der Waals surface area contributed by atoms with Crippen LogP contribution in [0.1, 0.15) is 78.6 Å². The van der Waals surface area contributed by atoms with Gasteiger partial charge in [0, 0.05) is 6.42 Å². The number of rotatable bonds is 4. The minimum Gasteiger partial charge on any atom is -0.481 e. The highest BCUT2D eigenvalue weighted by Gasteiger charge is 2.66. The molecular weight excluding hydrogens is 382 g/mol. The van der Waals surface area contributed by atoms with Crippen LogP contribution in [0.3, 0.4) is 0 Å². The first kappa shape index (κ1) is 22.5. The molecule has 4 aliphatic rings. The van der Waals surface area contributed by atoms with E-state index in [1.165, 1.54) is 0 Å². The van der Waals surface area contributed by atoms with E-state index < -0.39 is 23.9 Å². The molecule has 11 atom stereocenters. The Balaban J connectivity index is 1.61. The van der Waals surface area contributed by atoms with E-state index in [9.17, 15) is 20.1 Å². The number of aliphatic carboxylic acids is 1. The standard InChI is InChI=1S/C24H41NO5/c1-13(4-7-20(28)29)15-5-6-16-21-17(11-19(27)23(15,16)3)22(2)8-9-24(25,30)12-14(22)10-18(21)26/h13-19,21,26-27,30H,4-12,25H2,1-3H3,(H,28,29)/t13-,14-,15-,16+,17+,18-,19+,21+,22+,23-,24-/m1/s1. The van der Waals surface area contributed by atoms with Crippen molar-refractivity contribution in [2.45, 2.75) is 96.5 Å². The number of aliphatic hydroxyl groups is 3. The Labute approximate surface area is 180 Å². The van der Waals surface area contributed by atoms with Crippen molar-refractivity contribution in [3.05, 3.63) is 0 Å². The molecular formula is C24H41NO5. The second kappa shape index (κ2) is 7.43. The molecule has 6 nitrogen and oxygen atoms in total. The van der Waals surface area contributed by atoms with Gasteiger partial charge in [-0.15, -0.1) is 0 Å². The summed E-state index contributed by atoms with van der Waals surface area (Å²) in [6.07, 6.45) is 5.25. The van der Waals surface area contributed by atoms with Gasteiger partial charge >= 0.3 is 5.97 Å². The van der Waals surface area contributed by atoms with Gasteiger partial charge in [0.2, 0.25) is 0 Å². The van der Waals surface area contributed by atoms with E-state index in [4.69, 9.17) is 10.8 Å². The number of carbonyl (C=O) groups is 1. The molecule has 4 rings (SSSR count). The van der Waals surface area contributed by atoms with Gasteiger partial charge in [0.25, 0.3) is 0 Å². The van der Waals surface area contributed by atoms with Crippen LogP contribution in [0, 0.1) is 46.3 Å². The van der Waals surface area contributed by atoms with Gasteiger partial charge in [-0.05, 0) is 97.7 Å². The Bertz CT molecular complexity index is 683. The largest absolute Gasteiger partial charge is 0.481 e. The van der Waals surface area contributed by atoms with Gasteiger partial charge in [0.15, 0.2) is 0 Å². The summed E-state index contributed by atoms with van der Waals surface area (Å²) in [5.41, 5.74) is 4.65. The maximum Gasteiger partial charge on any atom is 0.303 e. The summed E-state index contributed by atoms with van der Waals surface area (Å²) in [6.45, 7) is 6.64. The number of carboxylic acid groups (broad SMARTS) is 1. The van der Waals surface area contributed by atoms with Gasteiger partial charge < -0.3 is 26.2 Å². The fourth-order valence-corrected chi connectivity index (χ4v) is 8.73. The molecule has 6 N–H and O–H groups in total. The SMILES string of the molecule is C[C@H](CCC(=O)O)[C@H]1CC[C@H]2[C@@H]3[C@H](O)C[C@@H]4C[C@](N)(O)CC[C@]4(C)[C@H]3C[C@H](O)[C@]12C. The van der Waals surface area contributed by atoms with Gasteiger partial charge in [-0.25, -0.2) is 0 Å². The lowest BCUT2D eigenvalue weighted by Crippen LogP contribution is -2.64. The molecule has 0 heterocycles. The highest BCUT2D eigenvalue weighted by atomic mass is 16.4. The number of carboxylic acids is 1. The first-order chi connectivity index (χ1) is 13.9. The van der Waals surface area contributed by atoms with E-state index >= 15 is 0 Å². The third-order valence-corrected chi connectivity index (χ3v) is 10.5. The maximum absolute atomic E-state index is 11.5. The van der Waals surface area contributed by atoms with E-state index in [2.05, 4.69) is 20.8 Å². The second-order valence-electron chi connectivity index (χ2n) is 11.8. The molecule has 6 heteroatoms. The number of nitrogens with two attached hydrogens (primary N) is 1. The molecule has 0 radical (unpaired) electrons. The van der Waals surface area contributed by atoms with Crippen molar-refractivity contribution < 1.29 is 25.2 Å². The van der Waals surface area contributed by atoms with Gasteiger partial charge in [-0.2, -0.15) is 0 Å². The van der Waals surface area contributed by atoms with Crippen LogP contribution in [0.5, 0.6) is 0 Å². The average molecular weight is 424 g/mol. The zero-order valence-electron chi connectivity index (χ0n) is 18.8. The molecule has 4 fully saturated rings. The molecule has 0 aromatic carbocycles. The molecule has 0 unspecified atom stereocenters. The first-order valence-corrected chi connectivity index (χ1v) is 12.0. The number of hydrogen-bond donors (Lipinski definition) is 5. The van der Waals surface area contributed by atoms with Crippen LogP contribution in [0.2, 0.25) is 0 Å². The normalized spacial score (nSPS) is 54.0. The summed E-state index contributed by atoms with van der Waals surface area (Å²) in [6, 6.07) is 0. The van der Waals surface area contributed by atoms with Crippen LogP contribution in [-0.2, 0) is 4.79 Å². The Kier molecular flexibility index (Phi) is 5.57. The van der Waals surface area contributed by atoms with Gasteiger partial charge in [-0.1, -0.05) is 20.8 Å². The predicted octanol–water partition coefficient (Wildman–Crippen LogP) is 2.74. The van der Waals surface area contributed by atoms with Gasteiger partial charge in [-0.3, -0.25) is 4.79 Å². The molecule has 0 aromatic rings. The van der Waals surface area contributed by atoms with Crippen molar-refractivity contribution in [2.75, 3.05) is 0 Å². The maximum atomic E-state index is 11.5. The summed E-state index contributed by atoms with van der Waals surface area (Å²) in [7, 11) is 0. The third kappa shape index (κ3) is 3.33. The highest BCUT2D eigenvalue weighted by molar-refractivity contribution is 5.66. The number of hydrogen-bond acceptors (Lipinski definition) is 5. The number of fused-ring (bicyclic) bond motifs is 5. The molecule has 30 heavy (non-hydrogen) atoms. The summed E-state index contributed by atoms with van der Waals surface area (Å²) >= 11 is 0. The van der Waals surface area contributed by atoms with Crippen LogP contribution >= 0.6 is 0 Å². The van der Waals surface area contributed by atoms with Gasteiger partial charge in [0.1, 0.15) is 5.72 Å². The molecule has 0 spiro atoms. The zero-order valence-corrected chi connectivity index (χ0v) is 18.8. The van der Waals surface area contributed by atoms with E-state index in [-0.39, 0.29) is 52.8 Å². The van der Waals surface area contributed by atoms with Crippen molar-refractivity contribution in [2.24, 2.45) is 52.1 Å². The van der Waals surface area contributed by atoms with E-state index in [0.29, 0.717) is 32.1 Å². The molecule has 0 saturated heterocycles. The van der Waals surface area contributed by atoms with E-state index in [1.54, 1.807) is 0 Å². The molecule has 172 valence electrons. The quantitative estimate of drug-likeness (QED) is 0.443. The summed E-state index contributed by atoms with van der Waals surface area (Å²) in [5, 5.41) is 42.3. The predicted molar refractivity (Wildman–Crippen MR) is 113 cm³/mol. The summed E-state index contributed by atoms with van der Waals surface area (Å²) in [5.74, 6) is 0.619. The molecule has 0 bridgehead atoms. The lowest BCUT2D eigenvalue weighted by molar-refractivity contribution is -0.215. The average Bonchev–Trinajstić information content (AvgIpc) is 3.00.